The number of hydrogen-bond acceptors (Lipinski definition) is 1. The van der Waals surface area contributed by atoms with Crippen LogP contribution in [0, 0.1) is 0 Å². The zero-order valence-corrected chi connectivity index (χ0v) is 7.67. The molecule has 0 saturated carbocycles. The molecule has 0 saturated heterocycles. The van der Waals surface area contributed by atoms with Crippen LogP contribution in [-0.4, -0.2) is 5.11 Å². The van der Waals surface area contributed by atoms with E-state index in [4.69, 9.17) is 11.6 Å². The van der Waals surface area contributed by atoms with Crippen LogP contribution in [0.2, 0.25) is 5.02 Å². The van der Waals surface area contributed by atoms with Gasteiger partial charge in [-0.3, -0.25) is 0 Å². The molecule has 0 amide bonds. The molecule has 0 aliphatic heterocycles. The summed E-state index contributed by atoms with van der Waals surface area (Å²) in [5.74, 6) is 0.439. The van der Waals surface area contributed by atoms with Crippen LogP contribution in [0.1, 0.15) is 36.5 Å². The Morgan fingerprint density at radius 2 is 2.17 bits per heavy atom. The number of benzene rings is 1. The largest absolute Gasteiger partial charge is 0.388 e. The van der Waals surface area contributed by atoms with Crippen molar-refractivity contribution in [2.24, 2.45) is 0 Å². The van der Waals surface area contributed by atoms with Gasteiger partial charge in [0.1, 0.15) is 0 Å². The van der Waals surface area contributed by atoms with Crippen LogP contribution in [0.25, 0.3) is 0 Å². The zero-order valence-electron chi connectivity index (χ0n) is 6.92. The van der Waals surface area contributed by atoms with Crippen molar-refractivity contribution in [3.63, 3.8) is 0 Å². The van der Waals surface area contributed by atoms with Gasteiger partial charge >= 0.3 is 0 Å². The second kappa shape index (κ2) is 2.75. The maximum Gasteiger partial charge on any atom is 0.0798 e. The standard InChI is InChI=1S/C10H11ClO/c1-6-4-10(12)8-3-2-7(11)5-9(6)8/h2-3,5-6,10,12H,4H2,1H3. The fraction of sp³-hybridized carbons (Fsp3) is 0.400. The van der Waals surface area contributed by atoms with E-state index in [0.29, 0.717) is 5.92 Å². The Morgan fingerprint density at radius 3 is 2.92 bits per heavy atom. The minimum Gasteiger partial charge on any atom is -0.388 e. The SMILES string of the molecule is CC1CC(O)c2ccc(Cl)cc21. The molecule has 0 aromatic heterocycles. The molecule has 1 nitrogen and oxygen atoms in total. The van der Waals surface area contributed by atoms with Gasteiger partial charge in [0.2, 0.25) is 0 Å². The van der Waals surface area contributed by atoms with Crippen LogP contribution in [0.3, 0.4) is 0 Å². The molecule has 1 aliphatic rings. The summed E-state index contributed by atoms with van der Waals surface area (Å²) >= 11 is 5.85. The maximum atomic E-state index is 9.60. The van der Waals surface area contributed by atoms with Crippen LogP contribution >= 0.6 is 11.6 Å². The first-order chi connectivity index (χ1) is 5.68. The zero-order chi connectivity index (χ0) is 8.72. The highest BCUT2D eigenvalue weighted by Gasteiger charge is 2.26. The van der Waals surface area contributed by atoms with Crippen LogP contribution in [0.15, 0.2) is 18.2 Å². The van der Waals surface area contributed by atoms with Crippen LogP contribution < -0.4 is 0 Å². The van der Waals surface area contributed by atoms with Gasteiger partial charge in [0.25, 0.3) is 0 Å². The monoisotopic (exact) mass is 182 g/mol. The van der Waals surface area contributed by atoms with E-state index in [1.165, 1.54) is 5.56 Å². The van der Waals surface area contributed by atoms with E-state index < -0.39 is 0 Å². The van der Waals surface area contributed by atoms with Crippen LogP contribution in [-0.2, 0) is 0 Å². The highest BCUT2D eigenvalue weighted by Crippen LogP contribution is 2.40. The third kappa shape index (κ3) is 1.13. The summed E-state index contributed by atoms with van der Waals surface area (Å²) in [6.07, 6.45) is 0.544. The lowest BCUT2D eigenvalue weighted by Gasteiger charge is -2.03. The van der Waals surface area contributed by atoms with Crippen molar-refractivity contribution in [1.29, 1.82) is 0 Å². The Kier molecular flexibility index (Phi) is 1.85. The van der Waals surface area contributed by atoms with Gasteiger partial charge in [-0.2, -0.15) is 0 Å². The fourth-order valence-electron chi connectivity index (χ4n) is 1.86. The lowest BCUT2D eigenvalue weighted by atomic mass is 10.0. The number of halogens is 1. The minimum atomic E-state index is -0.285. The Morgan fingerprint density at radius 1 is 1.42 bits per heavy atom. The van der Waals surface area contributed by atoms with Gasteiger partial charge in [0.05, 0.1) is 6.10 Å². The Balaban J connectivity index is 2.53. The molecule has 0 heterocycles. The van der Waals surface area contributed by atoms with Gasteiger partial charge in [-0.25, -0.2) is 0 Å². The van der Waals surface area contributed by atoms with E-state index in [9.17, 15) is 5.11 Å². The first-order valence-electron chi connectivity index (χ1n) is 4.16. The summed E-state index contributed by atoms with van der Waals surface area (Å²) < 4.78 is 0. The van der Waals surface area contributed by atoms with Gasteiger partial charge in [0, 0.05) is 5.02 Å². The van der Waals surface area contributed by atoms with Gasteiger partial charge in [-0.05, 0) is 35.6 Å². The predicted octanol–water partition coefficient (Wildman–Crippen LogP) is 2.88. The van der Waals surface area contributed by atoms with Gasteiger partial charge < -0.3 is 5.11 Å². The summed E-state index contributed by atoms with van der Waals surface area (Å²) in [6, 6.07) is 5.71. The molecule has 2 heteroatoms. The molecular weight excluding hydrogens is 172 g/mol. The van der Waals surface area contributed by atoms with Crippen molar-refractivity contribution in [3.05, 3.63) is 34.3 Å². The van der Waals surface area contributed by atoms with Crippen molar-refractivity contribution in [2.75, 3.05) is 0 Å². The molecule has 64 valence electrons. The molecule has 12 heavy (non-hydrogen) atoms. The quantitative estimate of drug-likeness (QED) is 0.654. The lowest BCUT2D eigenvalue weighted by molar-refractivity contribution is 0.174. The van der Waals surface area contributed by atoms with Crippen molar-refractivity contribution in [1.82, 2.24) is 0 Å². The first kappa shape index (κ1) is 8.09. The smallest absolute Gasteiger partial charge is 0.0798 e. The van der Waals surface area contributed by atoms with Crippen LogP contribution in [0.5, 0.6) is 0 Å². The van der Waals surface area contributed by atoms with Crippen molar-refractivity contribution in [3.8, 4) is 0 Å². The molecule has 2 unspecified atom stereocenters. The summed E-state index contributed by atoms with van der Waals surface area (Å²) in [5.41, 5.74) is 2.25. The Hall–Kier alpha value is -0.530. The summed E-state index contributed by atoms with van der Waals surface area (Å²) in [7, 11) is 0. The average Bonchev–Trinajstić information content (AvgIpc) is 2.28. The second-order valence-electron chi connectivity index (χ2n) is 3.43. The number of hydrogen-bond donors (Lipinski definition) is 1. The molecule has 1 N–H and O–H groups in total. The normalized spacial score (nSPS) is 27.2. The van der Waals surface area contributed by atoms with Crippen LogP contribution in [0.4, 0.5) is 0 Å². The third-order valence-corrected chi connectivity index (χ3v) is 2.75. The van der Waals surface area contributed by atoms with Gasteiger partial charge in [0.15, 0.2) is 0 Å². The highest BCUT2D eigenvalue weighted by molar-refractivity contribution is 6.30. The fourth-order valence-corrected chi connectivity index (χ4v) is 2.05. The molecule has 0 bridgehead atoms. The molecular formula is C10H11ClO. The van der Waals surface area contributed by atoms with Gasteiger partial charge in [-0.15, -0.1) is 0 Å². The van der Waals surface area contributed by atoms with Crippen molar-refractivity contribution in [2.45, 2.75) is 25.4 Å². The molecule has 1 aliphatic carbocycles. The molecule has 0 fully saturated rings. The third-order valence-electron chi connectivity index (χ3n) is 2.52. The number of fused-ring (bicyclic) bond motifs is 1. The van der Waals surface area contributed by atoms with Crippen molar-refractivity contribution >= 4 is 11.6 Å². The summed E-state index contributed by atoms with van der Waals surface area (Å²) in [6.45, 7) is 2.12. The number of aliphatic hydroxyl groups is 1. The molecule has 1 aromatic carbocycles. The first-order valence-corrected chi connectivity index (χ1v) is 4.53. The molecule has 2 atom stereocenters. The molecule has 1 aromatic rings. The molecule has 0 spiro atoms. The number of aliphatic hydroxyl groups excluding tert-OH is 1. The van der Waals surface area contributed by atoms with E-state index >= 15 is 0 Å². The van der Waals surface area contributed by atoms with Gasteiger partial charge in [-0.1, -0.05) is 24.6 Å². The van der Waals surface area contributed by atoms with Crippen molar-refractivity contribution < 1.29 is 5.11 Å². The van der Waals surface area contributed by atoms with E-state index in [1.807, 2.05) is 18.2 Å². The summed E-state index contributed by atoms with van der Waals surface area (Å²) in [4.78, 5) is 0. The molecule has 2 rings (SSSR count). The highest BCUT2D eigenvalue weighted by atomic mass is 35.5. The Labute approximate surface area is 77.0 Å². The minimum absolute atomic E-state index is 0.285. The van der Waals surface area contributed by atoms with E-state index in [2.05, 4.69) is 6.92 Å². The maximum absolute atomic E-state index is 9.60. The predicted molar refractivity (Wildman–Crippen MR) is 49.4 cm³/mol. The summed E-state index contributed by atoms with van der Waals surface area (Å²) in [5, 5.41) is 10.4. The van der Waals surface area contributed by atoms with E-state index in [0.717, 1.165) is 17.0 Å². The topological polar surface area (TPSA) is 20.2 Å². The second-order valence-corrected chi connectivity index (χ2v) is 3.86. The average molecular weight is 183 g/mol. The lowest BCUT2D eigenvalue weighted by Crippen LogP contribution is -1.88. The Bertz CT molecular complexity index is 309. The molecule has 0 radical (unpaired) electrons. The van der Waals surface area contributed by atoms with E-state index in [-0.39, 0.29) is 6.10 Å². The van der Waals surface area contributed by atoms with E-state index in [1.54, 1.807) is 0 Å². The number of rotatable bonds is 0.